The van der Waals surface area contributed by atoms with Crippen molar-refractivity contribution >= 4 is 26.7 Å². The molecule has 3 aliphatic rings. The van der Waals surface area contributed by atoms with E-state index in [1.54, 1.807) is 12.1 Å². The van der Waals surface area contributed by atoms with E-state index in [9.17, 15) is 13.2 Å². The van der Waals surface area contributed by atoms with Crippen molar-refractivity contribution in [1.29, 1.82) is 0 Å². The first-order valence-corrected chi connectivity index (χ1v) is 11.1. The summed E-state index contributed by atoms with van der Waals surface area (Å²) in [6, 6.07) is 9.13. The topological polar surface area (TPSA) is 70.1 Å². The highest BCUT2D eigenvalue weighted by molar-refractivity contribution is 8.00. The second-order valence-corrected chi connectivity index (χ2v) is 9.04. The van der Waals surface area contributed by atoms with Gasteiger partial charge in [0.2, 0.25) is 5.91 Å². The van der Waals surface area contributed by atoms with Crippen molar-refractivity contribution in [1.82, 2.24) is 9.80 Å². The van der Waals surface area contributed by atoms with E-state index in [1.165, 1.54) is 0 Å². The quantitative estimate of drug-likeness (QED) is 0.782. The minimum Gasteiger partial charge on any atom is -0.354 e. The van der Waals surface area contributed by atoms with Crippen LogP contribution in [0.5, 0.6) is 0 Å². The van der Waals surface area contributed by atoms with Gasteiger partial charge in [0.25, 0.3) is 10.0 Å². The molecule has 6 nitrogen and oxygen atoms in total. The number of sulfonamides is 1. The molecule has 0 spiro atoms. The van der Waals surface area contributed by atoms with Crippen molar-refractivity contribution in [3.05, 3.63) is 41.5 Å². The molecule has 4 rings (SSSR count). The normalized spacial score (nSPS) is 23.1. The highest BCUT2D eigenvalue weighted by atomic mass is 32.2. The van der Waals surface area contributed by atoms with E-state index in [-0.39, 0.29) is 11.8 Å². The van der Waals surface area contributed by atoms with E-state index in [1.807, 2.05) is 34.9 Å². The van der Waals surface area contributed by atoms with Crippen LogP contribution in [0.3, 0.4) is 0 Å². The Morgan fingerprint density at radius 3 is 2.44 bits per heavy atom. The molecule has 2 fully saturated rings. The summed E-state index contributed by atoms with van der Waals surface area (Å²) in [6.45, 7) is 4.52. The number of amides is 1. The smallest absolute Gasteiger partial charge is 0.285 e. The largest absolute Gasteiger partial charge is 0.354 e. The summed E-state index contributed by atoms with van der Waals surface area (Å²) < 4.78 is 29.5. The molecular weight excluding hydrogens is 362 g/mol. The molecule has 1 amide bonds. The van der Waals surface area contributed by atoms with Gasteiger partial charge in [0.15, 0.2) is 0 Å². The predicted octanol–water partition coefficient (Wildman–Crippen LogP) is 2.49. The molecule has 0 N–H and O–H groups in total. The van der Waals surface area contributed by atoms with Gasteiger partial charge in [-0.2, -0.15) is 8.42 Å². The van der Waals surface area contributed by atoms with Gasteiger partial charge in [-0.05, 0) is 31.7 Å². The molecule has 2 aliphatic heterocycles. The summed E-state index contributed by atoms with van der Waals surface area (Å²) in [4.78, 5) is 16.8. The molecule has 2 heterocycles. The van der Waals surface area contributed by atoms with Crippen molar-refractivity contribution in [2.24, 2.45) is 10.3 Å². The Labute approximate surface area is 160 Å². The van der Waals surface area contributed by atoms with Gasteiger partial charge in [-0.1, -0.05) is 36.8 Å². The van der Waals surface area contributed by atoms with Crippen LogP contribution < -0.4 is 0 Å². The number of carbonyl (C=O) groups excluding carboxylic acids is 1. The van der Waals surface area contributed by atoms with Crippen LogP contribution in [0.4, 0.5) is 0 Å². The van der Waals surface area contributed by atoms with Gasteiger partial charge in [0.1, 0.15) is 10.7 Å². The molecule has 144 valence electrons. The number of amidine groups is 1. The van der Waals surface area contributed by atoms with E-state index in [4.69, 9.17) is 0 Å². The molecule has 0 aromatic heterocycles. The Bertz CT molecular complexity index is 902. The molecule has 0 bridgehead atoms. The zero-order valence-corrected chi connectivity index (χ0v) is 16.4. The lowest BCUT2D eigenvalue weighted by Crippen LogP contribution is -2.41. The van der Waals surface area contributed by atoms with Crippen LogP contribution in [0, 0.1) is 5.92 Å². The van der Waals surface area contributed by atoms with E-state index >= 15 is 0 Å². The number of rotatable bonds is 2. The maximum absolute atomic E-state index is 12.7. The lowest BCUT2D eigenvalue weighted by Gasteiger charge is -2.31. The van der Waals surface area contributed by atoms with Crippen molar-refractivity contribution in [3.63, 3.8) is 0 Å². The third-order valence-corrected chi connectivity index (χ3v) is 7.21. The van der Waals surface area contributed by atoms with Crippen LogP contribution in [0.1, 0.15) is 38.2 Å². The average molecular weight is 388 g/mol. The predicted molar refractivity (Wildman–Crippen MR) is 106 cm³/mol. The van der Waals surface area contributed by atoms with Gasteiger partial charge < -0.3 is 9.80 Å². The van der Waals surface area contributed by atoms with Crippen LogP contribution in [0.25, 0.3) is 4.91 Å². The zero-order valence-electron chi connectivity index (χ0n) is 15.6. The summed E-state index contributed by atoms with van der Waals surface area (Å²) >= 11 is 0. The molecule has 0 atom stereocenters. The second-order valence-electron chi connectivity index (χ2n) is 7.50. The molecule has 27 heavy (non-hydrogen) atoms. The van der Waals surface area contributed by atoms with Crippen LogP contribution in [0.2, 0.25) is 0 Å². The molecule has 1 aromatic rings. The maximum atomic E-state index is 12.7. The van der Waals surface area contributed by atoms with Crippen LogP contribution in [-0.2, 0) is 14.8 Å². The van der Waals surface area contributed by atoms with Crippen molar-refractivity contribution in [3.8, 4) is 0 Å². The van der Waals surface area contributed by atoms with E-state index in [2.05, 4.69) is 4.40 Å². The number of carbonyl (C=O) groups is 1. The summed E-state index contributed by atoms with van der Waals surface area (Å²) in [5, 5.41) is 0. The van der Waals surface area contributed by atoms with E-state index < -0.39 is 10.0 Å². The third-order valence-electron chi connectivity index (χ3n) is 5.74. The summed E-state index contributed by atoms with van der Waals surface area (Å²) in [5.74, 6) is 1.00. The van der Waals surface area contributed by atoms with Crippen LogP contribution in [-0.4, -0.2) is 56.1 Å². The monoisotopic (exact) mass is 387 g/mol. The van der Waals surface area contributed by atoms with Crippen LogP contribution in [0.15, 0.2) is 40.3 Å². The molecular formula is C20H25N3O3S. The van der Waals surface area contributed by atoms with Gasteiger partial charge in [0, 0.05) is 37.7 Å². The molecule has 1 saturated carbocycles. The highest BCUT2D eigenvalue weighted by Crippen LogP contribution is 2.34. The Balaban J connectivity index is 1.55. The average Bonchev–Trinajstić information content (AvgIpc) is 2.77. The molecule has 1 aliphatic carbocycles. The fraction of sp³-hybridized carbons (Fsp3) is 0.500. The lowest BCUT2D eigenvalue weighted by atomic mass is 9.84. The van der Waals surface area contributed by atoms with Crippen molar-refractivity contribution in [2.75, 3.05) is 26.2 Å². The first-order chi connectivity index (χ1) is 13.0. The number of nitrogens with zero attached hydrogens (tertiary/aromatic N) is 3. The first-order valence-electron chi connectivity index (χ1n) is 9.63. The first kappa shape index (κ1) is 18.2. The molecule has 7 heteroatoms. The summed E-state index contributed by atoms with van der Waals surface area (Å²) in [6.07, 6.45) is 3.99. The Morgan fingerprint density at radius 1 is 1.04 bits per heavy atom. The summed E-state index contributed by atoms with van der Waals surface area (Å²) in [5.41, 5.74) is 1.37. The van der Waals surface area contributed by atoms with Gasteiger partial charge in [-0.3, -0.25) is 4.79 Å². The third kappa shape index (κ3) is 3.40. The molecule has 0 unspecified atom stereocenters. The second kappa shape index (κ2) is 7.11. The Hall–Kier alpha value is -2.15. The van der Waals surface area contributed by atoms with Gasteiger partial charge in [-0.15, -0.1) is 4.40 Å². The molecule has 0 radical (unpaired) electrons. The SMILES string of the molecule is CC1=C(c2ccccc2)S(=O)(=O)N=C1N1CCCN(C(=O)C2CCC2)CC1. The number of hydrogen-bond donors (Lipinski definition) is 0. The van der Waals surface area contributed by atoms with Gasteiger partial charge in [-0.25, -0.2) is 0 Å². The highest BCUT2D eigenvalue weighted by Gasteiger charge is 2.35. The van der Waals surface area contributed by atoms with Gasteiger partial charge >= 0.3 is 0 Å². The zero-order chi connectivity index (χ0) is 19.0. The minimum atomic E-state index is -3.69. The number of hydrogen-bond acceptors (Lipinski definition) is 4. The number of benzene rings is 1. The van der Waals surface area contributed by atoms with Gasteiger partial charge in [0.05, 0.1) is 0 Å². The fourth-order valence-electron chi connectivity index (χ4n) is 4.04. The van der Waals surface area contributed by atoms with E-state index in [0.29, 0.717) is 41.5 Å². The fourth-order valence-corrected chi connectivity index (χ4v) is 5.52. The van der Waals surface area contributed by atoms with Crippen molar-refractivity contribution in [2.45, 2.75) is 32.6 Å². The lowest BCUT2D eigenvalue weighted by molar-refractivity contribution is -0.138. The maximum Gasteiger partial charge on any atom is 0.285 e. The van der Waals surface area contributed by atoms with Crippen molar-refractivity contribution < 1.29 is 13.2 Å². The van der Waals surface area contributed by atoms with E-state index in [0.717, 1.165) is 32.2 Å². The standard InChI is InChI=1S/C20H25N3O3S/c1-15-18(16-7-3-2-4-8-16)27(25,26)21-19(15)22-11-6-12-23(14-13-22)20(24)17-9-5-10-17/h2-4,7-8,17H,5-6,9-14H2,1H3. The Morgan fingerprint density at radius 2 is 1.78 bits per heavy atom. The molecule has 1 aromatic carbocycles. The molecule has 1 saturated heterocycles. The minimum absolute atomic E-state index is 0.201. The Kier molecular flexibility index (Phi) is 4.80. The summed E-state index contributed by atoms with van der Waals surface area (Å²) in [7, 11) is -3.69. The van der Waals surface area contributed by atoms with Crippen LogP contribution >= 0.6 is 0 Å².